The van der Waals surface area contributed by atoms with E-state index in [0.29, 0.717) is 19.1 Å². The fourth-order valence-electron chi connectivity index (χ4n) is 3.82. The molecule has 5 nitrogen and oxygen atoms in total. The molecular formula is C20H31N3O2. The third-order valence-corrected chi connectivity index (χ3v) is 5.48. The molecular weight excluding hydrogens is 314 g/mol. The number of rotatable bonds is 4. The van der Waals surface area contributed by atoms with Gasteiger partial charge in [0.15, 0.2) is 0 Å². The lowest BCUT2D eigenvalue weighted by Crippen LogP contribution is -2.46. The van der Waals surface area contributed by atoms with Crippen molar-refractivity contribution >= 4 is 6.03 Å². The van der Waals surface area contributed by atoms with Crippen LogP contribution in [0.5, 0.6) is 0 Å². The molecule has 2 aliphatic heterocycles. The van der Waals surface area contributed by atoms with Crippen molar-refractivity contribution in [3.05, 3.63) is 35.4 Å². The van der Waals surface area contributed by atoms with Crippen molar-refractivity contribution in [3.8, 4) is 0 Å². The second-order valence-corrected chi connectivity index (χ2v) is 7.53. The van der Waals surface area contributed by atoms with Crippen LogP contribution in [0, 0.1) is 0 Å². The lowest BCUT2D eigenvalue weighted by Gasteiger charge is -2.33. The molecule has 2 N–H and O–H groups in total. The van der Waals surface area contributed by atoms with Crippen LogP contribution in [0.4, 0.5) is 4.79 Å². The molecule has 2 fully saturated rings. The minimum Gasteiger partial charge on any atom is -0.391 e. The Labute approximate surface area is 151 Å². The summed E-state index contributed by atoms with van der Waals surface area (Å²) >= 11 is 0. The number of β-amino-alcohol motifs (C(OH)–C–C–N with tert-alkyl or cyclic N) is 1. The van der Waals surface area contributed by atoms with Crippen molar-refractivity contribution in [3.63, 3.8) is 0 Å². The van der Waals surface area contributed by atoms with Gasteiger partial charge in [-0.1, -0.05) is 30.7 Å². The number of aliphatic hydroxyl groups is 1. The highest BCUT2D eigenvalue weighted by molar-refractivity contribution is 5.74. The molecule has 25 heavy (non-hydrogen) atoms. The van der Waals surface area contributed by atoms with Crippen LogP contribution in [0.3, 0.4) is 0 Å². The van der Waals surface area contributed by atoms with Crippen LogP contribution < -0.4 is 5.32 Å². The van der Waals surface area contributed by atoms with Crippen LogP contribution >= 0.6 is 0 Å². The number of carbonyl (C=O) groups excluding carboxylic acids is 1. The zero-order valence-corrected chi connectivity index (χ0v) is 15.3. The number of likely N-dealkylation sites (tertiary alicyclic amines) is 2. The van der Waals surface area contributed by atoms with E-state index in [1.165, 1.54) is 31.4 Å². The van der Waals surface area contributed by atoms with Gasteiger partial charge in [0.25, 0.3) is 0 Å². The first-order valence-corrected chi connectivity index (χ1v) is 9.64. The Bertz CT molecular complexity index is 561. The number of nitrogens with zero attached hydrogens (tertiary/aromatic N) is 2. The minimum atomic E-state index is -0.379. The number of carbonyl (C=O) groups is 1. The van der Waals surface area contributed by atoms with E-state index < -0.39 is 0 Å². The maximum Gasteiger partial charge on any atom is 0.317 e. The predicted molar refractivity (Wildman–Crippen MR) is 99.2 cm³/mol. The van der Waals surface area contributed by atoms with E-state index in [2.05, 4.69) is 41.4 Å². The van der Waals surface area contributed by atoms with E-state index in [-0.39, 0.29) is 12.1 Å². The molecule has 138 valence electrons. The first kappa shape index (κ1) is 18.2. The molecule has 2 heterocycles. The van der Waals surface area contributed by atoms with Gasteiger partial charge in [0, 0.05) is 32.2 Å². The van der Waals surface area contributed by atoms with E-state index in [9.17, 15) is 9.90 Å². The van der Waals surface area contributed by atoms with Gasteiger partial charge < -0.3 is 15.3 Å². The highest BCUT2D eigenvalue weighted by atomic mass is 16.3. The van der Waals surface area contributed by atoms with Gasteiger partial charge in [-0.15, -0.1) is 0 Å². The summed E-state index contributed by atoms with van der Waals surface area (Å²) in [6.45, 7) is 6.24. The van der Waals surface area contributed by atoms with Gasteiger partial charge in [-0.25, -0.2) is 4.79 Å². The number of nitrogens with one attached hydrogen (secondary N) is 1. The molecule has 2 unspecified atom stereocenters. The van der Waals surface area contributed by atoms with Gasteiger partial charge >= 0.3 is 6.03 Å². The Morgan fingerprint density at radius 2 is 1.88 bits per heavy atom. The van der Waals surface area contributed by atoms with Crippen molar-refractivity contribution in [2.45, 2.75) is 64.3 Å². The van der Waals surface area contributed by atoms with Crippen LogP contribution in [0.2, 0.25) is 0 Å². The summed E-state index contributed by atoms with van der Waals surface area (Å²) in [5.41, 5.74) is 2.45. The highest BCUT2D eigenvalue weighted by Crippen LogP contribution is 2.19. The molecule has 0 aliphatic carbocycles. The summed E-state index contributed by atoms with van der Waals surface area (Å²) in [6.07, 6.45) is 5.24. The smallest absolute Gasteiger partial charge is 0.317 e. The maximum absolute atomic E-state index is 12.2. The summed E-state index contributed by atoms with van der Waals surface area (Å²) in [5.74, 6) is 0. The number of benzene rings is 1. The first-order valence-electron chi connectivity index (χ1n) is 9.64. The quantitative estimate of drug-likeness (QED) is 0.882. The minimum absolute atomic E-state index is 0.0787. The van der Waals surface area contributed by atoms with E-state index in [4.69, 9.17) is 0 Å². The zero-order valence-electron chi connectivity index (χ0n) is 15.3. The van der Waals surface area contributed by atoms with Gasteiger partial charge in [0.05, 0.1) is 6.10 Å². The molecule has 3 rings (SSSR count). The third kappa shape index (κ3) is 5.19. The molecule has 0 bridgehead atoms. The molecule has 2 aliphatic rings. The zero-order chi connectivity index (χ0) is 17.6. The number of piperidine rings is 2. The monoisotopic (exact) mass is 345 g/mol. The molecule has 0 saturated carbocycles. The first-order chi connectivity index (χ1) is 12.1. The van der Waals surface area contributed by atoms with Crippen molar-refractivity contribution in [1.29, 1.82) is 0 Å². The number of amides is 2. The third-order valence-electron chi connectivity index (χ3n) is 5.48. The standard InChI is InChI=1S/C20H31N3O2/c1-16-5-2-3-11-22(16)14-18-9-7-17(8-10-18)13-21-20(25)23-12-4-6-19(24)15-23/h7-10,16,19,24H,2-6,11-15H2,1H3,(H,21,25). The second-order valence-electron chi connectivity index (χ2n) is 7.53. The fourth-order valence-corrected chi connectivity index (χ4v) is 3.82. The normalized spacial score (nSPS) is 25.0. The lowest BCUT2D eigenvalue weighted by atomic mass is 10.0. The summed E-state index contributed by atoms with van der Waals surface area (Å²) in [5, 5.41) is 12.6. The summed E-state index contributed by atoms with van der Waals surface area (Å²) in [4.78, 5) is 16.4. The number of urea groups is 1. The van der Waals surface area contributed by atoms with Crippen LogP contribution in [-0.2, 0) is 13.1 Å². The van der Waals surface area contributed by atoms with Crippen molar-refractivity contribution in [2.75, 3.05) is 19.6 Å². The Morgan fingerprint density at radius 3 is 2.60 bits per heavy atom. The van der Waals surface area contributed by atoms with Gasteiger partial charge in [0.1, 0.15) is 0 Å². The molecule has 5 heteroatoms. The Kier molecular flexibility index (Phi) is 6.32. The SMILES string of the molecule is CC1CCCCN1Cc1ccc(CNC(=O)N2CCCC(O)C2)cc1. The van der Waals surface area contributed by atoms with Crippen LogP contribution in [-0.4, -0.2) is 52.7 Å². The second kappa shape index (κ2) is 8.68. The van der Waals surface area contributed by atoms with E-state index in [1.807, 2.05) is 0 Å². The molecule has 0 radical (unpaired) electrons. The average molecular weight is 345 g/mol. The highest BCUT2D eigenvalue weighted by Gasteiger charge is 2.21. The summed E-state index contributed by atoms with van der Waals surface area (Å²) in [7, 11) is 0. The number of hydrogen-bond donors (Lipinski definition) is 2. The van der Waals surface area contributed by atoms with Crippen molar-refractivity contribution < 1.29 is 9.90 Å². The van der Waals surface area contributed by atoms with Crippen molar-refractivity contribution in [1.82, 2.24) is 15.1 Å². The van der Waals surface area contributed by atoms with Gasteiger partial charge in [-0.2, -0.15) is 0 Å². The lowest BCUT2D eigenvalue weighted by molar-refractivity contribution is 0.0842. The molecule has 1 aromatic rings. The van der Waals surface area contributed by atoms with Crippen LogP contribution in [0.25, 0.3) is 0 Å². The molecule has 2 atom stereocenters. The number of aliphatic hydroxyl groups excluding tert-OH is 1. The van der Waals surface area contributed by atoms with E-state index in [1.54, 1.807) is 4.90 Å². The van der Waals surface area contributed by atoms with Crippen molar-refractivity contribution in [2.24, 2.45) is 0 Å². The van der Waals surface area contributed by atoms with Gasteiger partial charge in [-0.05, 0) is 50.3 Å². The summed E-state index contributed by atoms with van der Waals surface area (Å²) < 4.78 is 0. The number of hydrogen-bond acceptors (Lipinski definition) is 3. The Balaban J connectivity index is 1.46. The Morgan fingerprint density at radius 1 is 1.12 bits per heavy atom. The molecule has 0 spiro atoms. The van der Waals surface area contributed by atoms with E-state index >= 15 is 0 Å². The molecule has 2 amide bonds. The average Bonchev–Trinajstić information content (AvgIpc) is 2.63. The maximum atomic E-state index is 12.2. The van der Waals surface area contributed by atoms with Crippen LogP contribution in [0.15, 0.2) is 24.3 Å². The predicted octanol–water partition coefficient (Wildman–Crippen LogP) is 2.73. The van der Waals surface area contributed by atoms with Crippen LogP contribution in [0.1, 0.15) is 50.2 Å². The van der Waals surface area contributed by atoms with E-state index in [0.717, 1.165) is 31.5 Å². The van der Waals surface area contributed by atoms with Gasteiger partial charge in [-0.3, -0.25) is 4.90 Å². The Hall–Kier alpha value is -1.59. The summed E-state index contributed by atoms with van der Waals surface area (Å²) in [6, 6.07) is 9.16. The molecule has 2 saturated heterocycles. The topological polar surface area (TPSA) is 55.8 Å². The molecule has 1 aromatic carbocycles. The van der Waals surface area contributed by atoms with Gasteiger partial charge in [0.2, 0.25) is 0 Å². The fraction of sp³-hybridized carbons (Fsp3) is 0.650. The largest absolute Gasteiger partial charge is 0.391 e. The molecule has 0 aromatic heterocycles.